The molecule has 1 atom stereocenters. The lowest BCUT2D eigenvalue weighted by molar-refractivity contribution is -0.138. The molecule has 0 heterocycles. The molecule has 2 N–H and O–H groups in total. The van der Waals surface area contributed by atoms with Crippen molar-refractivity contribution in [1.29, 1.82) is 0 Å². The summed E-state index contributed by atoms with van der Waals surface area (Å²) in [5, 5.41) is 12.3. The van der Waals surface area contributed by atoms with Gasteiger partial charge in [0.2, 0.25) is 0 Å². The number of hydrogen-bond acceptors (Lipinski definition) is 3. The zero-order valence-electron chi connectivity index (χ0n) is 9.51. The van der Waals surface area contributed by atoms with Crippen molar-refractivity contribution >= 4 is 0 Å². The van der Waals surface area contributed by atoms with E-state index in [1.807, 2.05) is 0 Å². The summed E-state index contributed by atoms with van der Waals surface area (Å²) >= 11 is 0. The number of hydrogen-bond donors (Lipinski definition) is 2. The van der Waals surface area contributed by atoms with Gasteiger partial charge in [-0.05, 0) is 24.7 Å². The van der Waals surface area contributed by atoms with Crippen LogP contribution in [0.2, 0.25) is 0 Å². The minimum Gasteiger partial charge on any atom is -0.496 e. The second kappa shape index (κ2) is 5.37. The molecule has 0 saturated heterocycles. The number of aliphatic hydroxyl groups excluding tert-OH is 1. The van der Waals surface area contributed by atoms with Crippen LogP contribution in [0.4, 0.5) is 13.2 Å². The maximum absolute atomic E-state index is 12.7. The molecule has 6 heteroatoms. The number of rotatable bonds is 4. The lowest BCUT2D eigenvalue weighted by atomic mass is 10.0. The van der Waals surface area contributed by atoms with E-state index in [4.69, 9.17) is 0 Å². The standard InChI is InChI=1S/C11H14F3NO2/c1-15-6-9(16)7-3-4-10(17-2)8(5-7)11(12,13)14/h3-5,9,15-16H,6H2,1-2H3. The quantitative estimate of drug-likeness (QED) is 0.857. The maximum atomic E-state index is 12.7. The Bertz CT molecular complexity index is 379. The van der Waals surface area contributed by atoms with Gasteiger partial charge in [-0.3, -0.25) is 0 Å². The highest BCUT2D eigenvalue weighted by molar-refractivity contribution is 5.40. The number of halogens is 3. The third-order valence-electron chi connectivity index (χ3n) is 2.31. The second-order valence-electron chi connectivity index (χ2n) is 3.53. The van der Waals surface area contributed by atoms with Crippen LogP contribution in [-0.4, -0.2) is 25.8 Å². The van der Waals surface area contributed by atoms with Crippen LogP contribution >= 0.6 is 0 Å². The molecule has 0 aliphatic heterocycles. The number of aliphatic hydroxyl groups is 1. The first-order chi connectivity index (χ1) is 7.90. The Kier molecular flexibility index (Phi) is 4.36. The summed E-state index contributed by atoms with van der Waals surface area (Å²) in [6, 6.07) is 3.52. The Morgan fingerprint density at radius 3 is 2.53 bits per heavy atom. The molecule has 17 heavy (non-hydrogen) atoms. The first kappa shape index (κ1) is 13.8. The van der Waals surface area contributed by atoms with Gasteiger partial charge in [0.05, 0.1) is 18.8 Å². The summed E-state index contributed by atoms with van der Waals surface area (Å²) in [6.45, 7) is 0.184. The maximum Gasteiger partial charge on any atom is 0.419 e. The first-order valence-corrected chi connectivity index (χ1v) is 4.98. The molecule has 96 valence electrons. The highest BCUT2D eigenvalue weighted by atomic mass is 19.4. The number of ether oxygens (including phenoxy) is 1. The largest absolute Gasteiger partial charge is 0.496 e. The summed E-state index contributed by atoms with van der Waals surface area (Å²) in [4.78, 5) is 0. The van der Waals surface area contributed by atoms with E-state index in [0.717, 1.165) is 6.07 Å². The highest BCUT2D eigenvalue weighted by Gasteiger charge is 2.34. The first-order valence-electron chi connectivity index (χ1n) is 4.98. The van der Waals surface area contributed by atoms with Crippen LogP contribution in [0, 0.1) is 0 Å². The van der Waals surface area contributed by atoms with Gasteiger partial charge < -0.3 is 15.2 Å². The van der Waals surface area contributed by atoms with Gasteiger partial charge >= 0.3 is 6.18 Å². The monoisotopic (exact) mass is 249 g/mol. The predicted octanol–water partition coefficient (Wildman–Crippen LogP) is 1.97. The van der Waals surface area contributed by atoms with Gasteiger partial charge in [0, 0.05) is 6.54 Å². The predicted molar refractivity (Wildman–Crippen MR) is 56.9 cm³/mol. The Hall–Kier alpha value is -1.27. The minimum atomic E-state index is -4.50. The average molecular weight is 249 g/mol. The van der Waals surface area contributed by atoms with Gasteiger partial charge in [-0.1, -0.05) is 6.07 Å². The Morgan fingerprint density at radius 2 is 2.06 bits per heavy atom. The summed E-state index contributed by atoms with van der Waals surface area (Å²) in [6.07, 6.45) is -5.48. The molecule has 1 unspecified atom stereocenters. The van der Waals surface area contributed by atoms with Crippen LogP contribution in [0.1, 0.15) is 17.2 Å². The summed E-state index contributed by atoms with van der Waals surface area (Å²) in [5.74, 6) is -0.252. The van der Waals surface area contributed by atoms with Crippen molar-refractivity contribution in [2.75, 3.05) is 20.7 Å². The van der Waals surface area contributed by atoms with Crippen molar-refractivity contribution in [3.05, 3.63) is 29.3 Å². The fourth-order valence-electron chi connectivity index (χ4n) is 1.47. The fraction of sp³-hybridized carbons (Fsp3) is 0.455. The molecule has 0 radical (unpaired) electrons. The van der Waals surface area contributed by atoms with E-state index >= 15 is 0 Å². The Balaban J connectivity index is 3.13. The van der Waals surface area contributed by atoms with E-state index in [0.29, 0.717) is 0 Å². The van der Waals surface area contributed by atoms with Crippen LogP contribution in [0.25, 0.3) is 0 Å². The highest BCUT2D eigenvalue weighted by Crippen LogP contribution is 2.37. The van der Waals surface area contributed by atoms with Crippen LogP contribution in [0.5, 0.6) is 5.75 Å². The third kappa shape index (κ3) is 3.34. The Morgan fingerprint density at radius 1 is 1.41 bits per heavy atom. The van der Waals surface area contributed by atoms with Crippen molar-refractivity contribution in [2.24, 2.45) is 0 Å². The summed E-state index contributed by atoms with van der Waals surface area (Å²) in [5.41, 5.74) is -0.680. The van der Waals surface area contributed by atoms with Gasteiger partial charge in [-0.15, -0.1) is 0 Å². The fourth-order valence-corrected chi connectivity index (χ4v) is 1.47. The summed E-state index contributed by atoms with van der Waals surface area (Å²) < 4.78 is 42.7. The topological polar surface area (TPSA) is 41.5 Å². The van der Waals surface area contributed by atoms with Gasteiger partial charge in [-0.2, -0.15) is 13.2 Å². The van der Waals surface area contributed by atoms with Crippen molar-refractivity contribution in [3.8, 4) is 5.75 Å². The SMILES string of the molecule is CNCC(O)c1ccc(OC)c(C(F)(F)F)c1. The molecular formula is C11H14F3NO2. The molecular weight excluding hydrogens is 235 g/mol. The molecule has 0 saturated carbocycles. The lowest BCUT2D eigenvalue weighted by Gasteiger charge is -2.16. The molecule has 0 bridgehead atoms. The number of methoxy groups -OCH3 is 1. The van der Waals surface area contributed by atoms with Crippen molar-refractivity contribution in [3.63, 3.8) is 0 Å². The molecule has 0 aliphatic rings. The molecule has 0 fully saturated rings. The van der Waals surface area contributed by atoms with E-state index in [9.17, 15) is 18.3 Å². The smallest absolute Gasteiger partial charge is 0.419 e. The molecule has 3 nitrogen and oxygen atoms in total. The van der Waals surface area contributed by atoms with E-state index < -0.39 is 17.8 Å². The van der Waals surface area contributed by atoms with Gasteiger partial charge in [-0.25, -0.2) is 0 Å². The van der Waals surface area contributed by atoms with Crippen molar-refractivity contribution in [2.45, 2.75) is 12.3 Å². The average Bonchev–Trinajstić information content (AvgIpc) is 2.27. The third-order valence-corrected chi connectivity index (χ3v) is 2.31. The number of nitrogens with one attached hydrogen (secondary N) is 1. The van der Waals surface area contributed by atoms with Crippen LogP contribution in [-0.2, 0) is 6.18 Å². The Labute approximate surface area is 97.2 Å². The zero-order valence-corrected chi connectivity index (χ0v) is 9.51. The van der Waals surface area contributed by atoms with Gasteiger partial charge in [0.25, 0.3) is 0 Å². The molecule has 1 aromatic carbocycles. The number of benzene rings is 1. The van der Waals surface area contributed by atoms with Crippen molar-refractivity contribution in [1.82, 2.24) is 5.32 Å². The van der Waals surface area contributed by atoms with E-state index in [-0.39, 0.29) is 17.9 Å². The molecule has 1 rings (SSSR count). The molecule has 0 amide bonds. The zero-order chi connectivity index (χ0) is 13.1. The van der Waals surface area contributed by atoms with E-state index in [1.165, 1.54) is 19.2 Å². The molecule has 0 aliphatic carbocycles. The molecule has 0 aromatic heterocycles. The molecule has 0 spiro atoms. The lowest BCUT2D eigenvalue weighted by Crippen LogP contribution is -2.17. The van der Waals surface area contributed by atoms with Crippen molar-refractivity contribution < 1.29 is 23.0 Å². The normalized spacial score (nSPS) is 13.5. The number of alkyl halides is 3. The minimum absolute atomic E-state index is 0.184. The second-order valence-corrected chi connectivity index (χ2v) is 3.53. The van der Waals surface area contributed by atoms with Crippen LogP contribution in [0.3, 0.4) is 0 Å². The van der Waals surface area contributed by atoms with Crippen LogP contribution in [0.15, 0.2) is 18.2 Å². The van der Waals surface area contributed by atoms with Gasteiger partial charge in [0.15, 0.2) is 0 Å². The summed E-state index contributed by atoms with van der Waals surface area (Å²) in [7, 11) is 2.78. The number of likely N-dealkylation sites (N-methyl/N-ethyl adjacent to an activating group) is 1. The molecule has 1 aromatic rings. The van der Waals surface area contributed by atoms with Crippen LogP contribution < -0.4 is 10.1 Å². The van der Waals surface area contributed by atoms with Gasteiger partial charge in [0.1, 0.15) is 5.75 Å². The van der Waals surface area contributed by atoms with E-state index in [1.54, 1.807) is 7.05 Å². The van der Waals surface area contributed by atoms with E-state index in [2.05, 4.69) is 10.1 Å².